The number of thiophene rings is 1. The van der Waals surface area contributed by atoms with Crippen molar-refractivity contribution in [2.75, 3.05) is 6.61 Å². The highest BCUT2D eigenvalue weighted by Gasteiger charge is 2.24. The van der Waals surface area contributed by atoms with Crippen LogP contribution in [-0.2, 0) is 20.7 Å². The Labute approximate surface area is 214 Å². The van der Waals surface area contributed by atoms with Crippen molar-refractivity contribution < 1.29 is 23.8 Å². The van der Waals surface area contributed by atoms with Gasteiger partial charge < -0.3 is 14.2 Å². The summed E-state index contributed by atoms with van der Waals surface area (Å²) in [6.07, 6.45) is 2.24. The second-order valence-corrected chi connectivity index (χ2v) is 10.7. The molecule has 0 aliphatic rings. The Morgan fingerprint density at radius 3 is 2.56 bits per heavy atom. The first-order valence-electron chi connectivity index (χ1n) is 12.0. The molecule has 4 rings (SSSR count). The number of benzene rings is 2. The number of para-hydroxylation sites is 2. The Balaban J connectivity index is 1.68. The SMILES string of the molecule is CCC(C)C(=O)OCCc1ccc2c(OC(=O)OC(C)(C)C)c(-c3cnc4ccccc4n3)sc2c1. The fourth-order valence-electron chi connectivity index (χ4n) is 3.54. The Morgan fingerprint density at radius 2 is 1.83 bits per heavy atom. The molecule has 0 N–H and O–H groups in total. The van der Waals surface area contributed by atoms with Crippen LogP contribution in [0.1, 0.15) is 46.6 Å². The van der Waals surface area contributed by atoms with Crippen molar-refractivity contribution in [1.82, 2.24) is 9.97 Å². The van der Waals surface area contributed by atoms with Crippen molar-refractivity contribution in [1.29, 1.82) is 0 Å². The highest BCUT2D eigenvalue weighted by atomic mass is 32.1. The molecule has 36 heavy (non-hydrogen) atoms. The number of carbonyl (C=O) groups is 2. The third-order valence-electron chi connectivity index (χ3n) is 5.61. The lowest BCUT2D eigenvalue weighted by Crippen LogP contribution is -2.26. The van der Waals surface area contributed by atoms with E-state index in [1.807, 2.05) is 56.3 Å². The van der Waals surface area contributed by atoms with Gasteiger partial charge in [-0.15, -0.1) is 11.3 Å². The van der Waals surface area contributed by atoms with E-state index in [1.165, 1.54) is 11.3 Å². The monoisotopic (exact) mass is 506 g/mol. The van der Waals surface area contributed by atoms with Gasteiger partial charge in [0, 0.05) is 16.5 Å². The van der Waals surface area contributed by atoms with Crippen LogP contribution in [0.2, 0.25) is 0 Å². The maximum Gasteiger partial charge on any atom is 0.514 e. The molecule has 0 amide bonds. The minimum absolute atomic E-state index is 0.108. The lowest BCUT2D eigenvalue weighted by atomic mass is 10.1. The number of ether oxygens (including phenoxy) is 3. The molecule has 1 atom stereocenters. The van der Waals surface area contributed by atoms with Gasteiger partial charge in [0.1, 0.15) is 11.3 Å². The Kier molecular flexibility index (Phi) is 7.54. The fourth-order valence-corrected chi connectivity index (χ4v) is 4.69. The second kappa shape index (κ2) is 10.6. The number of hydrogen-bond donors (Lipinski definition) is 0. The minimum Gasteiger partial charge on any atom is -0.465 e. The van der Waals surface area contributed by atoms with Crippen LogP contribution < -0.4 is 4.74 Å². The van der Waals surface area contributed by atoms with Crippen molar-refractivity contribution in [3.63, 3.8) is 0 Å². The van der Waals surface area contributed by atoms with Gasteiger partial charge in [0.15, 0.2) is 5.75 Å². The maximum atomic E-state index is 12.6. The van der Waals surface area contributed by atoms with Gasteiger partial charge in [-0.05, 0) is 57.0 Å². The third kappa shape index (κ3) is 5.99. The summed E-state index contributed by atoms with van der Waals surface area (Å²) in [4.78, 5) is 34.6. The van der Waals surface area contributed by atoms with Gasteiger partial charge in [0.05, 0.1) is 34.6 Å². The van der Waals surface area contributed by atoms with Crippen LogP contribution in [0.4, 0.5) is 4.79 Å². The van der Waals surface area contributed by atoms with Crippen molar-refractivity contribution in [3.05, 3.63) is 54.2 Å². The van der Waals surface area contributed by atoms with Gasteiger partial charge in [-0.25, -0.2) is 9.78 Å². The van der Waals surface area contributed by atoms with E-state index in [0.29, 0.717) is 29.3 Å². The van der Waals surface area contributed by atoms with E-state index in [4.69, 9.17) is 19.2 Å². The van der Waals surface area contributed by atoms with Crippen LogP contribution in [0.15, 0.2) is 48.7 Å². The van der Waals surface area contributed by atoms with Gasteiger partial charge in [0.25, 0.3) is 0 Å². The largest absolute Gasteiger partial charge is 0.514 e. The van der Waals surface area contributed by atoms with Crippen LogP contribution in [-0.4, -0.2) is 34.3 Å². The summed E-state index contributed by atoms with van der Waals surface area (Å²) in [5.41, 5.74) is 2.47. The number of aromatic nitrogens is 2. The van der Waals surface area contributed by atoms with Gasteiger partial charge in [0.2, 0.25) is 0 Å². The molecule has 2 aromatic carbocycles. The van der Waals surface area contributed by atoms with E-state index in [0.717, 1.165) is 33.1 Å². The molecule has 0 bridgehead atoms. The lowest BCUT2D eigenvalue weighted by molar-refractivity contribution is -0.147. The zero-order valence-corrected chi connectivity index (χ0v) is 22.0. The van der Waals surface area contributed by atoms with E-state index in [9.17, 15) is 9.59 Å². The Hall–Kier alpha value is -3.52. The number of carbonyl (C=O) groups excluding carboxylic acids is 2. The summed E-state index contributed by atoms with van der Waals surface area (Å²) in [6.45, 7) is 9.50. The Morgan fingerprint density at radius 1 is 1.08 bits per heavy atom. The molecule has 7 nitrogen and oxygen atoms in total. The molecule has 188 valence electrons. The van der Waals surface area contributed by atoms with Gasteiger partial charge in [-0.3, -0.25) is 9.78 Å². The average Bonchev–Trinajstić information content (AvgIpc) is 3.19. The molecule has 0 radical (unpaired) electrons. The molecule has 0 aliphatic heterocycles. The second-order valence-electron chi connectivity index (χ2n) is 9.63. The first kappa shape index (κ1) is 25.6. The van der Waals surface area contributed by atoms with Gasteiger partial charge in [-0.2, -0.15) is 0 Å². The smallest absolute Gasteiger partial charge is 0.465 e. The van der Waals surface area contributed by atoms with Crippen LogP contribution in [0.25, 0.3) is 31.7 Å². The van der Waals surface area contributed by atoms with Crippen molar-refractivity contribution in [3.8, 4) is 16.3 Å². The number of hydrogen-bond acceptors (Lipinski definition) is 8. The van der Waals surface area contributed by atoms with E-state index in [2.05, 4.69) is 4.98 Å². The number of fused-ring (bicyclic) bond motifs is 2. The van der Waals surface area contributed by atoms with Gasteiger partial charge in [-0.1, -0.05) is 32.0 Å². The average molecular weight is 507 g/mol. The molecule has 8 heteroatoms. The first-order valence-corrected chi connectivity index (χ1v) is 12.8. The molecule has 0 spiro atoms. The molecule has 0 saturated heterocycles. The van der Waals surface area contributed by atoms with Crippen molar-refractivity contribution in [2.24, 2.45) is 5.92 Å². The van der Waals surface area contributed by atoms with Crippen molar-refractivity contribution in [2.45, 2.75) is 53.1 Å². The molecule has 1 unspecified atom stereocenters. The highest BCUT2D eigenvalue weighted by Crippen LogP contribution is 2.44. The van der Waals surface area contributed by atoms with Crippen LogP contribution >= 0.6 is 11.3 Å². The predicted octanol–water partition coefficient (Wildman–Crippen LogP) is 6.96. The van der Waals surface area contributed by atoms with E-state index in [1.54, 1.807) is 27.0 Å². The minimum atomic E-state index is -0.779. The molecule has 0 fully saturated rings. The molecule has 2 aromatic heterocycles. The van der Waals surface area contributed by atoms with Crippen LogP contribution in [0, 0.1) is 5.92 Å². The van der Waals surface area contributed by atoms with E-state index >= 15 is 0 Å². The lowest BCUT2D eigenvalue weighted by Gasteiger charge is -2.18. The third-order valence-corrected chi connectivity index (χ3v) is 6.77. The van der Waals surface area contributed by atoms with E-state index < -0.39 is 11.8 Å². The summed E-state index contributed by atoms with van der Waals surface area (Å²) >= 11 is 1.46. The highest BCUT2D eigenvalue weighted by molar-refractivity contribution is 7.22. The first-order chi connectivity index (χ1) is 17.1. The molecule has 0 saturated carbocycles. The molecule has 4 aromatic rings. The summed E-state index contributed by atoms with van der Waals surface area (Å²) in [5, 5.41) is 0.774. The normalized spacial score (nSPS) is 12.5. The number of rotatable bonds is 7. The molecular weight excluding hydrogens is 476 g/mol. The maximum absolute atomic E-state index is 12.6. The molecule has 0 aliphatic carbocycles. The number of nitrogens with zero attached hydrogens (tertiary/aromatic N) is 2. The van der Waals surface area contributed by atoms with Crippen LogP contribution in [0.3, 0.4) is 0 Å². The fraction of sp³-hybridized carbons (Fsp3) is 0.357. The summed E-state index contributed by atoms with van der Waals surface area (Å²) in [6, 6.07) is 13.5. The topological polar surface area (TPSA) is 87.6 Å². The van der Waals surface area contributed by atoms with Crippen molar-refractivity contribution >= 4 is 44.6 Å². The standard InChI is InChI=1S/C28H30N2O5S/c1-6-17(2)26(31)33-14-13-18-11-12-19-23(15-18)36-25(24(19)34-27(32)35-28(3,4)5)22-16-29-20-9-7-8-10-21(20)30-22/h7-12,15-17H,6,13-14H2,1-5H3. The summed E-state index contributed by atoms with van der Waals surface area (Å²) in [7, 11) is 0. The molecular formula is C28H30N2O5S. The zero-order valence-electron chi connectivity index (χ0n) is 21.2. The van der Waals surface area contributed by atoms with Crippen LogP contribution in [0.5, 0.6) is 5.75 Å². The predicted molar refractivity (Wildman–Crippen MR) is 141 cm³/mol. The van der Waals surface area contributed by atoms with Gasteiger partial charge >= 0.3 is 12.1 Å². The number of esters is 1. The summed E-state index contributed by atoms with van der Waals surface area (Å²) < 4.78 is 17.5. The Bertz CT molecular complexity index is 1410. The van der Waals surface area contributed by atoms with E-state index in [-0.39, 0.29) is 11.9 Å². The summed E-state index contributed by atoms with van der Waals surface area (Å²) in [5.74, 6) is 0.103. The quantitative estimate of drug-likeness (QED) is 0.250. The molecule has 2 heterocycles. The zero-order chi connectivity index (χ0) is 25.9.